The number of hydrogen-bond acceptors (Lipinski definition) is 4. The molecular weight excluding hydrogens is 386 g/mol. The minimum absolute atomic E-state index is 0.0362. The predicted octanol–water partition coefficient (Wildman–Crippen LogP) is 2.55. The molecule has 1 unspecified atom stereocenters. The van der Waals surface area contributed by atoms with Crippen molar-refractivity contribution in [3.05, 3.63) is 65.7 Å². The molecule has 1 atom stereocenters. The molecule has 1 aliphatic heterocycles. The summed E-state index contributed by atoms with van der Waals surface area (Å²) in [4.78, 5) is 4.60. The average Bonchev–Trinajstić information content (AvgIpc) is 3.12. The van der Waals surface area contributed by atoms with Crippen molar-refractivity contribution in [2.75, 3.05) is 25.4 Å². The van der Waals surface area contributed by atoms with Gasteiger partial charge in [-0.25, -0.2) is 13.4 Å². The van der Waals surface area contributed by atoms with Gasteiger partial charge in [0.2, 0.25) is 0 Å². The van der Waals surface area contributed by atoms with Crippen LogP contribution in [0, 0.1) is 0 Å². The normalized spacial score (nSPS) is 16.2. The Morgan fingerprint density at radius 2 is 1.86 bits per heavy atom. The number of sulfone groups is 1. The highest BCUT2D eigenvalue weighted by molar-refractivity contribution is 7.90. The van der Waals surface area contributed by atoms with Crippen LogP contribution in [-0.2, 0) is 22.0 Å². The van der Waals surface area contributed by atoms with Gasteiger partial charge in [0, 0.05) is 19.5 Å². The van der Waals surface area contributed by atoms with Crippen molar-refractivity contribution in [3.63, 3.8) is 0 Å². The van der Waals surface area contributed by atoms with Gasteiger partial charge in [0.15, 0.2) is 15.8 Å². The third-order valence-corrected chi connectivity index (χ3v) is 6.35. The number of hydrogen-bond donors (Lipinski definition) is 2. The SMILES string of the molecule is CCNC(=NCC1Cc2ccccc2O1)NCCCS(=O)(=O)Cc1ccccc1. The van der Waals surface area contributed by atoms with Crippen molar-refractivity contribution in [2.24, 2.45) is 4.99 Å². The first-order valence-electron chi connectivity index (χ1n) is 10.1. The Bertz CT molecular complexity index is 889. The molecule has 0 radical (unpaired) electrons. The fourth-order valence-electron chi connectivity index (χ4n) is 3.29. The first kappa shape index (κ1) is 21.2. The molecule has 0 saturated carbocycles. The lowest BCUT2D eigenvalue weighted by Crippen LogP contribution is -2.39. The van der Waals surface area contributed by atoms with E-state index in [0.717, 1.165) is 24.3 Å². The van der Waals surface area contributed by atoms with Crippen LogP contribution >= 0.6 is 0 Å². The maximum atomic E-state index is 12.3. The lowest BCUT2D eigenvalue weighted by molar-refractivity contribution is 0.241. The monoisotopic (exact) mass is 415 g/mol. The van der Waals surface area contributed by atoms with E-state index >= 15 is 0 Å². The number of ether oxygens (including phenoxy) is 1. The summed E-state index contributed by atoms with van der Waals surface area (Å²) >= 11 is 0. The molecule has 1 heterocycles. The topological polar surface area (TPSA) is 79.8 Å². The van der Waals surface area contributed by atoms with Crippen LogP contribution in [0.4, 0.5) is 0 Å². The van der Waals surface area contributed by atoms with Crippen LogP contribution in [0.3, 0.4) is 0 Å². The second kappa shape index (κ2) is 10.3. The smallest absolute Gasteiger partial charge is 0.191 e. The van der Waals surface area contributed by atoms with Crippen molar-refractivity contribution in [1.29, 1.82) is 0 Å². The zero-order valence-electron chi connectivity index (χ0n) is 16.8. The quantitative estimate of drug-likeness (QED) is 0.374. The minimum Gasteiger partial charge on any atom is -0.488 e. The maximum absolute atomic E-state index is 12.3. The number of benzene rings is 2. The highest BCUT2D eigenvalue weighted by Crippen LogP contribution is 2.28. The summed E-state index contributed by atoms with van der Waals surface area (Å²) in [5.41, 5.74) is 2.04. The van der Waals surface area contributed by atoms with E-state index in [0.29, 0.717) is 25.5 Å². The van der Waals surface area contributed by atoms with E-state index in [-0.39, 0.29) is 17.6 Å². The molecule has 2 aromatic rings. The summed E-state index contributed by atoms with van der Waals surface area (Å²) in [7, 11) is -3.12. The Balaban J connectivity index is 1.43. The van der Waals surface area contributed by atoms with Gasteiger partial charge in [0.25, 0.3) is 0 Å². The Morgan fingerprint density at radius 1 is 1.10 bits per heavy atom. The Hall–Kier alpha value is -2.54. The van der Waals surface area contributed by atoms with Crippen molar-refractivity contribution in [1.82, 2.24) is 10.6 Å². The summed E-state index contributed by atoms with van der Waals surface area (Å²) in [6, 6.07) is 17.3. The fourth-order valence-corrected chi connectivity index (χ4v) is 4.72. The van der Waals surface area contributed by atoms with Crippen molar-refractivity contribution in [3.8, 4) is 5.75 Å². The van der Waals surface area contributed by atoms with Gasteiger partial charge in [-0.15, -0.1) is 0 Å². The van der Waals surface area contributed by atoms with Gasteiger partial charge in [-0.3, -0.25) is 0 Å². The number of para-hydroxylation sites is 1. The van der Waals surface area contributed by atoms with E-state index in [2.05, 4.69) is 21.7 Å². The predicted molar refractivity (Wildman–Crippen MR) is 117 cm³/mol. The average molecular weight is 416 g/mol. The fraction of sp³-hybridized carbons (Fsp3) is 0.409. The number of fused-ring (bicyclic) bond motifs is 1. The Morgan fingerprint density at radius 3 is 2.62 bits per heavy atom. The summed E-state index contributed by atoms with van der Waals surface area (Å²) in [5.74, 6) is 1.86. The first-order valence-corrected chi connectivity index (χ1v) is 11.9. The van der Waals surface area contributed by atoms with E-state index in [1.807, 2.05) is 55.5 Å². The zero-order valence-corrected chi connectivity index (χ0v) is 17.6. The molecular formula is C22H29N3O3S. The van der Waals surface area contributed by atoms with Crippen LogP contribution in [0.5, 0.6) is 5.75 Å². The van der Waals surface area contributed by atoms with Crippen molar-refractivity contribution in [2.45, 2.75) is 31.6 Å². The van der Waals surface area contributed by atoms with Gasteiger partial charge in [0.1, 0.15) is 11.9 Å². The van der Waals surface area contributed by atoms with Crippen LogP contribution in [0.1, 0.15) is 24.5 Å². The molecule has 0 bridgehead atoms. The molecule has 0 fully saturated rings. The number of nitrogens with one attached hydrogen (secondary N) is 2. The van der Waals surface area contributed by atoms with Gasteiger partial charge in [-0.1, -0.05) is 48.5 Å². The largest absolute Gasteiger partial charge is 0.488 e. The first-order chi connectivity index (χ1) is 14.1. The molecule has 2 N–H and O–H groups in total. The molecule has 0 amide bonds. The standard InChI is InChI=1S/C22H29N3O3S/c1-2-23-22(25-16-20-15-19-11-6-7-12-21(19)28-20)24-13-8-14-29(26,27)17-18-9-4-3-5-10-18/h3-7,9-12,20H,2,8,13-17H2,1H3,(H2,23,24,25). The number of rotatable bonds is 9. The third-order valence-electron chi connectivity index (χ3n) is 4.67. The van der Waals surface area contributed by atoms with E-state index < -0.39 is 9.84 Å². The van der Waals surface area contributed by atoms with Crippen LogP contribution in [0.25, 0.3) is 0 Å². The van der Waals surface area contributed by atoms with Gasteiger partial charge in [-0.2, -0.15) is 0 Å². The molecule has 6 nitrogen and oxygen atoms in total. The summed E-state index contributed by atoms with van der Waals surface area (Å²) in [6.07, 6.45) is 1.43. The molecule has 2 aromatic carbocycles. The van der Waals surface area contributed by atoms with Gasteiger partial charge in [0.05, 0.1) is 18.1 Å². The highest BCUT2D eigenvalue weighted by Gasteiger charge is 2.22. The third kappa shape index (κ3) is 6.78. The molecule has 29 heavy (non-hydrogen) atoms. The molecule has 7 heteroatoms. The van der Waals surface area contributed by atoms with Crippen LogP contribution in [0.15, 0.2) is 59.6 Å². The molecule has 0 aromatic heterocycles. The second-order valence-corrected chi connectivity index (χ2v) is 9.31. The second-order valence-electron chi connectivity index (χ2n) is 7.13. The number of guanidine groups is 1. The van der Waals surface area contributed by atoms with Gasteiger partial charge >= 0.3 is 0 Å². The molecule has 156 valence electrons. The minimum atomic E-state index is -3.12. The lowest BCUT2D eigenvalue weighted by Gasteiger charge is -2.13. The van der Waals surface area contributed by atoms with E-state index in [1.165, 1.54) is 5.56 Å². The van der Waals surface area contributed by atoms with Crippen LogP contribution < -0.4 is 15.4 Å². The van der Waals surface area contributed by atoms with Crippen LogP contribution in [0.2, 0.25) is 0 Å². The molecule has 0 spiro atoms. The summed E-state index contributed by atoms with van der Waals surface area (Å²) in [5, 5.41) is 6.42. The van der Waals surface area contributed by atoms with E-state index in [1.54, 1.807) is 0 Å². The van der Waals surface area contributed by atoms with Crippen LogP contribution in [-0.4, -0.2) is 45.9 Å². The molecule has 1 aliphatic rings. The zero-order chi connectivity index (χ0) is 20.5. The molecule has 0 saturated heterocycles. The number of aliphatic imine (C=N–C) groups is 1. The Labute approximate surface area is 173 Å². The van der Waals surface area contributed by atoms with Gasteiger partial charge < -0.3 is 15.4 Å². The lowest BCUT2D eigenvalue weighted by atomic mass is 10.1. The van der Waals surface area contributed by atoms with Crippen molar-refractivity contribution >= 4 is 15.8 Å². The van der Waals surface area contributed by atoms with E-state index in [4.69, 9.17) is 4.74 Å². The maximum Gasteiger partial charge on any atom is 0.191 e. The summed E-state index contributed by atoms with van der Waals surface area (Å²) in [6.45, 7) is 3.84. The van der Waals surface area contributed by atoms with Gasteiger partial charge in [-0.05, 0) is 30.5 Å². The highest BCUT2D eigenvalue weighted by atomic mass is 32.2. The van der Waals surface area contributed by atoms with E-state index in [9.17, 15) is 8.42 Å². The Kier molecular flexibility index (Phi) is 7.52. The molecule has 0 aliphatic carbocycles. The number of nitrogens with zero attached hydrogens (tertiary/aromatic N) is 1. The van der Waals surface area contributed by atoms with Crippen molar-refractivity contribution < 1.29 is 13.2 Å². The summed E-state index contributed by atoms with van der Waals surface area (Å²) < 4.78 is 30.5. The molecule has 3 rings (SSSR count).